The van der Waals surface area contributed by atoms with E-state index in [1.165, 1.54) is 0 Å². The van der Waals surface area contributed by atoms with Crippen LogP contribution in [-0.2, 0) is 19.9 Å². The van der Waals surface area contributed by atoms with Crippen molar-refractivity contribution in [1.29, 1.82) is 0 Å². The van der Waals surface area contributed by atoms with E-state index in [9.17, 15) is 9.90 Å². The summed E-state index contributed by atoms with van der Waals surface area (Å²) in [6.07, 6.45) is 6.14. The molecular weight excluding hydrogens is 328 g/mol. The Hall–Kier alpha value is -2.99. The predicted molar refractivity (Wildman–Crippen MR) is 98.7 cm³/mol. The Balaban J connectivity index is 1.73. The molecule has 6 heteroatoms. The van der Waals surface area contributed by atoms with E-state index < -0.39 is 0 Å². The van der Waals surface area contributed by atoms with Crippen molar-refractivity contribution in [3.63, 3.8) is 0 Å². The van der Waals surface area contributed by atoms with Crippen molar-refractivity contribution in [2.75, 3.05) is 6.61 Å². The second-order valence-corrected chi connectivity index (χ2v) is 6.20. The van der Waals surface area contributed by atoms with Gasteiger partial charge in [0.1, 0.15) is 0 Å². The van der Waals surface area contributed by atoms with E-state index in [2.05, 4.69) is 15.4 Å². The number of hydrogen-bond acceptors (Lipinski definition) is 4. The van der Waals surface area contributed by atoms with Gasteiger partial charge in [0.2, 0.25) is 0 Å². The van der Waals surface area contributed by atoms with Crippen molar-refractivity contribution >= 4 is 5.91 Å². The third kappa shape index (κ3) is 4.34. The van der Waals surface area contributed by atoms with E-state index in [0.29, 0.717) is 18.4 Å². The molecule has 3 aromatic rings. The zero-order chi connectivity index (χ0) is 18.4. The van der Waals surface area contributed by atoms with Gasteiger partial charge in [0.15, 0.2) is 0 Å². The average Bonchev–Trinajstić information content (AvgIpc) is 3.03. The SMILES string of the molecule is Cn1ncc(C(=O)NC(CO)Cc2ccncc2)c1Cc1ccccc1. The first kappa shape index (κ1) is 17.8. The summed E-state index contributed by atoms with van der Waals surface area (Å²) in [5.74, 6) is -0.225. The highest BCUT2D eigenvalue weighted by molar-refractivity contribution is 5.95. The first-order valence-corrected chi connectivity index (χ1v) is 8.52. The molecule has 0 fully saturated rings. The number of nitrogens with one attached hydrogen (secondary N) is 1. The summed E-state index contributed by atoms with van der Waals surface area (Å²) < 4.78 is 1.72. The van der Waals surface area contributed by atoms with Gasteiger partial charge in [-0.25, -0.2) is 0 Å². The van der Waals surface area contributed by atoms with Crippen molar-refractivity contribution in [2.24, 2.45) is 7.05 Å². The normalized spacial score (nSPS) is 11.9. The van der Waals surface area contributed by atoms with E-state index in [1.807, 2.05) is 49.5 Å². The van der Waals surface area contributed by atoms with Crippen LogP contribution in [0.1, 0.15) is 27.2 Å². The summed E-state index contributed by atoms with van der Waals surface area (Å²) in [5.41, 5.74) is 3.49. The molecule has 1 amide bonds. The molecule has 3 rings (SSSR count). The quantitative estimate of drug-likeness (QED) is 0.680. The zero-order valence-electron chi connectivity index (χ0n) is 14.7. The molecule has 26 heavy (non-hydrogen) atoms. The Morgan fingerprint density at radius 2 is 1.88 bits per heavy atom. The lowest BCUT2D eigenvalue weighted by Gasteiger charge is -2.16. The fourth-order valence-corrected chi connectivity index (χ4v) is 2.88. The molecule has 0 saturated carbocycles. The van der Waals surface area contributed by atoms with Gasteiger partial charge in [-0.3, -0.25) is 14.5 Å². The second-order valence-electron chi connectivity index (χ2n) is 6.20. The van der Waals surface area contributed by atoms with Gasteiger partial charge in [-0.2, -0.15) is 5.10 Å². The van der Waals surface area contributed by atoms with Gasteiger partial charge in [0.25, 0.3) is 5.91 Å². The monoisotopic (exact) mass is 350 g/mol. The number of rotatable bonds is 7. The van der Waals surface area contributed by atoms with Gasteiger partial charge in [0.05, 0.1) is 30.1 Å². The Kier molecular flexibility index (Phi) is 5.76. The predicted octanol–water partition coefficient (Wildman–Crippen LogP) is 1.74. The minimum Gasteiger partial charge on any atom is -0.394 e. The van der Waals surface area contributed by atoms with E-state index in [-0.39, 0.29) is 18.6 Å². The summed E-state index contributed by atoms with van der Waals surface area (Å²) >= 11 is 0. The Labute approximate surface area is 152 Å². The summed E-state index contributed by atoms with van der Waals surface area (Å²) in [5, 5.41) is 16.8. The fraction of sp³-hybridized carbons (Fsp3) is 0.250. The number of carbonyl (C=O) groups excluding carboxylic acids is 1. The summed E-state index contributed by atoms with van der Waals surface area (Å²) in [4.78, 5) is 16.7. The lowest BCUT2D eigenvalue weighted by Crippen LogP contribution is -2.39. The minimum atomic E-state index is -0.366. The summed E-state index contributed by atoms with van der Waals surface area (Å²) in [6, 6.07) is 13.3. The molecular formula is C20H22N4O2. The molecule has 134 valence electrons. The van der Waals surface area contributed by atoms with Crippen LogP contribution in [0.15, 0.2) is 61.1 Å². The number of nitrogens with zero attached hydrogens (tertiary/aromatic N) is 3. The highest BCUT2D eigenvalue weighted by atomic mass is 16.3. The fourth-order valence-electron chi connectivity index (χ4n) is 2.88. The lowest BCUT2D eigenvalue weighted by atomic mass is 10.0. The molecule has 1 atom stereocenters. The van der Waals surface area contributed by atoms with Gasteiger partial charge in [0, 0.05) is 25.9 Å². The molecule has 0 bridgehead atoms. The number of aliphatic hydroxyl groups is 1. The van der Waals surface area contributed by atoms with Crippen LogP contribution in [0.4, 0.5) is 0 Å². The van der Waals surface area contributed by atoms with Gasteiger partial charge in [-0.05, 0) is 29.7 Å². The molecule has 1 unspecified atom stereocenters. The average molecular weight is 350 g/mol. The van der Waals surface area contributed by atoms with Crippen molar-refractivity contribution in [2.45, 2.75) is 18.9 Å². The molecule has 2 N–H and O–H groups in total. The Morgan fingerprint density at radius 1 is 1.15 bits per heavy atom. The van der Waals surface area contributed by atoms with Crippen LogP contribution in [0.5, 0.6) is 0 Å². The molecule has 6 nitrogen and oxygen atoms in total. The van der Waals surface area contributed by atoms with Crippen LogP contribution in [0.25, 0.3) is 0 Å². The number of benzene rings is 1. The standard InChI is InChI=1S/C20H22N4O2/c1-24-19(12-15-5-3-2-4-6-15)18(13-22-24)20(26)23-17(14-25)11-16-7-9-21-10-8-16/h2-10,13,17,25H,11-12,14H2,1H3,(H,23,26). The van der Waals surface area contributed by atoms with Crippen LogP contribution in [0.2, 0.25) is 0 Å². The van der Waals surface area contributed by atoms with Crippen molar-refractivity contribution in [3.8, 4) is 0 Å². The number of carbonyl (C=O) groups is 1. The zero-order valence-corrected chi connectivity index (χ0v) is 14.7. The highest BCUT2D eigenvalue weighted by Crippen LogP contribution is 2.14. The summed E-state index contributed by atoms with van der Waals surface area (Å²) in [7, 11) is 1.83. The number of hydrogen-bond donors (Lipinski definition) is 2. The molecule has 2 heterocycles. The van der Waals surface area contributed by atoms with Crippen molar-refractivity contribution < 1.29 is 9.90 Å². The number of pyridine rings is 1. The Bertz CT molecular complexity index is 847. The molecule has 0 saturated heterocycles. The van der Waals surface area contributed by atoms with Crippen molar-refractivity contribution in [3.05, 3.63) is 83.4 Å². The van der Waals surface area contributed by atoms with Gasteiger partial charge >= 0.3 is 0 Å². The van der Waals surface area contributed by atoms with Crippen LogP contribution in [-0.4, -0.2) is 38.4 Å². The molecule has 0 aliphatic heterocycles. The topological polar surface area (TPSA) is 80.0 Å². The van der Waals surface area contributed by atoms with Gasteiger partial charge in [-0.1, -0.05) is 30.3 Å². The molecule has 0 aliphatic carbocycles. The molecule has 0 radical (unpaired) electrons. The minimum absolute atomic E-state index is 0.137. The molecule has 2 aromatic heterocycles. The summed E-state index contributed by atoms with van der Waals surface area (Å²) in [6.45, 7) is -0.137. The maximum absolute atomic E-state index is 12.7. The second kappa shape index (κ2) is 8.40. The first-order valence-electron chi connectivity index (χ1n) is 8.52. The van der Waals surface area contributed by atoms with Crippen LogP contribution in [0.3, 0.4) is 0 Å². The van der Waals surface area contributed by atoms with Crippen LogP contribution in [0, 0.1) is 0 Å². The number of aromatic nitrogens is 3. The van der Waals surface area contributed by atoms with E-state index >= 15 is 0 Å². The van der Waals surface area contributed by atoms with Gasteiger partial charge in [-0.15, -0.1) is 0 Å². The van der Waals surface area contributed by atoms with E-state index in [1.54, 1.807) is 23.3 Å². The third-order valence-corrected chi connectivity index (χ3v) is 4.31. The first-order chi connectivity index (χ1) is 12.7. The number of aliphatic hydroxyl groups excluding tert-OH is 1. The van der Waals surface area contributed by atoms with E-state index in [0.717, 1.165) is 16.8 Å². The van der Waals surface area contributed by atoms with Crippen LogP contribution < -0.4 is 5.32 Å². The van der Waals surface area contributed by atoms with Gasteiger partial charge < -0.3 is 10.4 Å². The third-order valence-electron chi connectivity index (χ3n) is 4.31. The molecule has 1 aromatic carbocycles. The number of aryl methyl sites for hydroxylation is 1. The smallest absolute Gasteiger partial charge is 0.255 e. The maximum Gasteiger partial charge on any atom is 0.255 e. The van der Waals surface area contributed by atoms with E-state index in [4.69, 9.17) is 0 Å². The largest absolute Gasteiger partial charge is 0.394 e. The maximum atomic E-state index is 12.7. The molecule has 0 aliphatic rings. The number of amides is 1. The van der Waals surface area contributed by atoms with Crippen LogP contribution >= 0.6 is 0 Å². The molecule has 0 spiro atoms. The van der Waals surface area contributed by atoms with Crippen molar-refractivity contribution in [1.82, 2.24) is 20.1 Å². The lowest BCUT2D eigenvalue weighted by molar-refractivity contribution is 0.0915. The highest BCUT2D eigenvalue weighted by Gasteiger charge is 2.19. The Morgan fingerprint density at radius 3 is 2.58 bits per heavy atom.